The average molecular weight is 366 g/mol. The van der Waals surface area contributed by atoms with Crippen LogP contribution in [0.5, 0.6) is 5.75 Å². The minimum absolute atomic E-state index is 0.566. The van der Waals surface area contributed by atoms with Crippen molar-refractivity contribution < 1.29 is 9.47 Å². The Morgan fingerprint density at radius 2 is 1.48 bits per heavy atom. The predicted molar refractivity (Wildman–Crippen MR) is 105 cm³/mol. The van der Waals surface area contributed by atoms with Crippen LogP contribution in [0.25, 0.3) is 0 Å². The van der Waals surface area contributed by atoms with E-state index in [0.29, 0.717) is 22.4 Å². The Bertz CT molecular complexity index is 362. The molecule has 136 valence electrons. The third-order valence-corrected chi connectivity index (χ3v) is 2.69. The number of aryl methyl sites for hydroxylation is 1. The maximum Gasteiger partial charge on any atom is 0.156 e. The van der Waals surface area contributed by atoms with Crippen molar-refractivity contribution in [2.75, 3.05) is 27.4 Å². The molecule has 0 aliphatic rings. The lowest BCUT2D eigenvalue weighted by Gasteiger charge is -2.10. The molecule has 1 aromatic rings. The predicted octanol–water partition coefficient (Wildman–Crippen LogP) is 5.90. The van der Waals surface area contributed by atoms with Crippen molar-refractivity contribution in [1.29, 1.82) is 0 Å². The molecule has 0 amide bonds. The molecule has 0 spiro atoms. The van der Waals surface area contributed by atoms with E-state index in [9.17, 15) is 0 Å². The summed E-state index contributed by atoms with van der Waals surface area (Å²) in [5.41, 5.74) is 5.53. The second-order valence-corrected chi connectivity index (χ2v) is 4.83. The van der Waals surface area contributed by atoms with Gasteiger partial charge in [-0.05, 0) is 51.4 Å². The van der Waals surface area contributed by atoms with Crippen LogP contribution in [-0.4, -0.2) is 27.4 Å². The zero-order chi connectivity index (χ0) is 18.7. The molecule has 5 heteroatoms. The number of hydrogen-bond acceptors (Lipinski definition) is 3. The minimum atomic E-state index is 0.566. The van der Waals surface area contributed by atoms with Gasteiger partial charge in [-0.15, -0.1) is 6.58 Å². The Kier molecular flexibility index (Phi) is 25.1. The van der Waals surface area contributed by atoms with Gasteiger partial charge in [0.05, 0.1) is 16.7 Å². The second-order valence-electron chi connectivity index (χ2n) is 4.01. The van der Waals surface area contributed by atoms with Crippen molar-refractivity contribution in [1.82, 2.24) is 0 Å². The van der Waals surface area contributed by atoms with Gasteiger partial charge in [0, 0.05) is 13.7 Å². The van der Waals surface area contributed by atoms with Crippen molar-refractivity contribution >= 4 is 23.2 Å². The molecule has 3 nitrogen and oxygen atoms in total. The number of ether oxygens (including phenoxy) is 2. The molecule has 0 bridgehead atoms. The standard InChI is InChI=1S/C12H16Cl2O2.C3H6.C2H6.CH5N/c1-9-7-10(13)12(11(14)8-9)16-6-4-3-5-15-2;1-3-2;2*1-2/h7-8H,3-6H2,1-2H3;3H,1H2,2H3;1-2H3;2H2,1H3. The highest BCUT2D eigenvalue weighted by Crippen LogP contribution is 2.34. The molecular weight excluding hydrogens is 333 g/mol. The maximum atomic E-state index is 6.04. The lowest BCUT2D eigenvalue weighted by molar-refractivity contribution is 0.184. The quantitative estimate of drug-likeness (QED) is 0.503. The molecule has 1 aromatic carbocycles. The van der Waals surface area contributed by atoms with Crippen molar-refractivity contribution in [2.24, 2.45) is 5.73 Å². The van der Waals surface area contributed by atoms with Crippen molar-refractivity contribution in [2.45, 2.75) is 40.5 Å². The molecule has 0 unspecified atom stereocenters. The van der Waals surface area contributed by atoms with E-state index < -0.39 is 0 Å². The molecule has 0 fully saturated rings. The zero-order valence-electron chi connectivity index (χ0n) is 15.4. The number of nitrogens with two attached hydrogens (primary N) is 1. The van der Waals surface area contributed by atoms with Gasteiger partial charge >= 0.3 is 0 Å². The summed E-state index contributed by atoms with van der Waals surface area (Å²) >= 11 is 12.1. The van der Waals surface area contributed by atoms with Crippen LogP contribution in [-0.2, 0) is 4.74 Å². The van der Waals surface area contributed by atoms with Gasteiger partial charge in [-0.2, -0.15) is 0 Å². The molecule has 0 aliphatic carbocycles. The molecular formula is C18H33Cl2NO2. The van der Waals surface area contributed by atoms with Crippen LogP contribution in [0.4, 0.5) is 0 Å². The highest BCUT2D eigenvalue weighted by atomic mass is 35.5. The highest BCUT2D eigenvalue weighted by molar-refractivity contribution is 6.37. The van der Waals surface area contributed by atoms with Crippen LogP contribution in [0, 0.1) is 6.92 Å². The number of hydrogen-bond donors (Lipinski definition) is 1. The van der Waals surface area contributed by atoms with Crippen LogP contribution in [0.3, 0.4) is 0 Å². The number of unbranched alkanes of at least 4 members (excludes halogenated alkanes) is 1. The summed E-state index contributed by atoms with van der Waals surface area (Å²) < 4.78 is 10.5. The van der Waals surface area contributed by atoms with E-state index in [1.165, 1.54) is 7.05 Å². The van der Waals surface area contributed by atoms with E-state index in [0.717, 1.165) is 25.0 Å². The van der Waals surface area contributed by atoms with Crippen LogP contribution < -0.4 is 10.5 Å². The Labute approximate surface area is 152 Å². The summed E-state index contributed by atoms with van der Waals surface area (Å²) in [6, 6.07) is 3.69. The maximum absolute atomic E-state index is 6.04. The van der Waals surface area contributed by atoms with Gasteiger partial charge in [0.2, 0.25) is 0 Å². The molecule has 23 heavy (non-hydrogen) atoms. The molecule has 0 atom stereocenters. The third kappa shape index (κ3) is 15.9. The SMILES string of the molecule is C=CC.CC.CN.COCCCCOc1c(Cl)cc(C)cc1Cl. The summed E-state index contributed by atoms with van der Waals surface area (Å²) in [6.45, 7) is 12.5. The fourth-order valence-corrected chi connectivity index (χ4v) is 2.05. The van der Waals surface area contributed by atoms with Crippen molar-refractivity contribution in [3.05, 3.63) is 40.4 Å². The van der Waals surface area contributed by atoms with Gasteiger partial charge in [-0.3, -0.25) is 0 Å². The fraction of sp³-hybridized carbons (Fsp3) is 0.556. The largest absolute Gasteiger partial charge is 0.490 e. The molecule has 1 rings (SSSR count). The first kappa shape index (κ1) is 27.1. The number of allylic oxidation sites excluding steroid dienone is 1. The lowest BCUT2D eigenvalue weighted by atomic mass is 10.2. The van der Waals surface area contributed by atoms with Gasteiger partial charge in [0.1, 0.15) is 0 Å². The monoisotopic (exact) mass is 365 g/mol. The van der Waals surface area contributed by atoms with E-state index in [1.54, 1.807) is 13.2 Å². The molecule has 2 N–H and O–H groups in total. The fourth-order valence-electron chi connectivity index (χ4n) is 1.35. The molecule has 0 saturated heterocycles. The van der Waals surface area contributed by atoms with E-state index in [2.05, 4.69) is 12.3 Å². The molecule has 0 aromatic heterocycles. The second kappa shape index (κ2) is 21.3. The summed E-state index contributed by atoms with van der Waals surface area (Å²) in [5.74, 6) is 0.575. The Morgan fingerprint density at radius 3 is 1.87 bits per heavy atom. The smallest absolute Gasteiger partial charge is 0.156 e. The van der Waals surface area contributed by atoms with Gasteiger partial charge < -0.3 is 15.2 Å². The summed E-state index contributed by atoms with van der Waals surface area (Å²) in [7, 11) is 3.19. The average Bonchev–Trinajstić information content (AvgIpc) is 2.54. The normalized spacial score (nSPS) is 8.39. The summed E-state index contributed by atoms with van der Waals surface area (Å²) in [5, 5.41) is 1.13. The van der Waals surface area contributed by atoms with Gasteiger partial charge in [0.25, 0.3) is 0 Å². The van der Waals surface area contributed by atoms with Crippen LogP contribution in [0.15, 0.2) is 24.8 Å². The van der Waals surface area contributed by atoms with Crippen molar-refractivity contribution in [3.63, 3.8) is 0 Å². The molecule has 0 radical (unpaired) electrons. The van der Waals surface area contributed by atoms with Gasteiger partial charge in [-0.25, -0.2) is 0 Å². The van der Waals surface area contributed by atoms with Crippen LogP contribution in [0.1, 0.15) is 39.2 Å². The summed E-state index contributed by atoms with van der Waals surface area (Å²) in [4.78, 5) is 0. The molecule has 0 aliphatic heterocycles. The Hall–Kier alpha value is -0.740. The zero-order valence-corrected chi connectivity index (χ0v) is 16.9. The number of rotatable bonds is 6. The topological polar surface area (TPSA) is 44.5 Å². The summed E-state index contributed by atoms with van der Waals surface area (Å²) in [6.07, 6.45) is 3.64. The van der Waals surface area contributed by atoms with E-state index in [4.69, 9.17) is 32.7 Å². The first-order valence-electron chi connectivity index (χ1n) is 7.79. The van der Waals surface area contributed by atoms with Gasteiger partial charge in [0.15, 0.2) is 5.75 Å². The number of benzene rings is 1. The van der Waals surface area contributed by atoms with Crippen LogP contribution >= 0.6 is 23.2 Å². The Balaban J connectivity index is -0.000000496. The first-order chi connectivity index (χ1) is 11.1. The Morgan fingerprint density at radius 1 is 1.09 bits per heavy atom. The lowest BCUT2D eigenvalue weighted by Crippen LogP contribution is -2.00. The van der Waals surface area contributed by atoms with E-state index in [-0.39, 0.29) is 0 Å². The molecule has 0 heterocycles. The first-order valence-corrected chi connectivity index (χ1v) is 8.54. The number of methoxy groups -OCH3 is 1. The third-order valence-electron chi connectivity index (χ3n) is 2.13. The van der Waals surface area contributed by atoms with E-state index in [1.807, 2.05) is 39.8 Å². The minimum Gasteiger partial charge on any atom is -0.490 e. The van der Waals surface area contributed by atoms with Gasteiger partial charge in [-0.1, -0.05) is 43.1 Å². The number of halogens is 2. The van der Waals surface area contributed by atoms with E-state index >= 15 is 0 Å². The van der Waals surface area contributed by atoms with Crippen molar-refractivity contribution in [3.8, 4) is 5.75 Å². The molecule has 0 saturated carbocycles. The highest BCUT2D eigenvalue weighted by Gasteiger charge is 2.07. The van der Waals surface area contributed by atoms with Crippen LogP contribution in [0.2, 0.25) is 10.0 Å².